The zero-order valence-electron chi connectivity index (χ0n) is 13.5. The molecule has 3 rings (SSSR count). The maximum Gasteiger partial charge on any atom is 0.437 e. The highest BCUT2D eigenvalue weighted by molar-refractivity contribution is 6.30. The van der Waals surface area contributed by atoms with Gasteiger partial charge in [0.25, 0.3) is 0 Å². The van der Waals surface area contributed by atoms with Crippen LogP contribution in [0.2, 0.25) is 5.02 Å². The highest BCUT2D eigenvalue weighted by Gasteiger charge is 2.40. The molecule has 2 aromatic carbocycles. The molecule has 0 spiro atoms. The van der Waals surface area contributed by atoms with Crippen LogP contribution in [0.25, 0.3) is 5.69 Å². The summed E-state index contributed by atoms with van der Waals surface area (Å²) in [6.45, 7) is 0. The lowest BCUT2D eigenvalue weighted by molar-refractivity contribution is -0.143. The maximum atomic E-state index is 13.5. The molecule has 0 aliphatic carbocycles. The normalized spacial score (nSPS) is 11.3. The summed E-state index contributed by atoms with van der Waals surface area (Å²) < 4.78 is 46.0. The molecule has 0 saturated carbocycles. The number of nitrogen functional groups attached to an aromatic ring is 1. The summed E-state index contributed by atoms with van der Waals surface area (Å²) in [6.07, 6.45) is -5.11. The number of nitrogens with zero attached hydrogens (tertiary/aromatic N) is 2. The Balaban J connectivity index is 1.89. The Labute approximate surface area is 156 Å². The number of rotatable bonds is 3. The topological polar surface area (TPSA) is 82.2 Å². The number of carbonyl (C=O) groups excluding carboxylic acids is 1. The van der Waals surface area contributed by atoms with E-state index in [4.69, 9.17) is 22.1 Å². The van der Waals surface area contributed by atoms with Crippen molar-refractivity contribution >= 4 is 29.1 Å². The molecule has 10 heteroatoms. The third-order valence-electron chi connectivity index (χ3n) is 3.41. The standard InChI is InChI=1S/C17H12ClF3N4O2/c18-10-4-6-13(7-5-10)25-15(17(19,20)21)14(9-23-25)27-16(26)24-12-3-1-2-11(22)8-12/h1-9H,22H2,(H,24,26). The van der Waals surface area contributed by atoms with Gasteiger partial charge in [-0.05, 0) is 42.5 Å². The fourth-order valence-corrected chi connectivity index (χ4v) is 2.43. The molecule has 0 radical (unpaired) electrons. The van der Waals surface area contributed by atoms with Gasteiger partial charge in [-0.2, -0.15) is 18.3 Å². The summed E-state index contributed by atoms with van der Waals surface area (Å²) in [4.78, 5) is 12.0. The van der Waals surface area contributed by atoms with Crippen LogP contribution in [0.4, 0.5) is 29.3 Å². The Kier molecular flexibility index (Phi) is 4.95. The summed E-state index contributed by atoms with van der Waals surface area (Å²) in [6, 6.07) is 11.7. The molecule has 3 aromatic rings. The van der Waals surface area contributed by atoms with Crippen LogP contribution in [0, 0.1) is 0 Å². The van der Waals surface area contributed by atoms with Gasteiger partial charge in [0.15, 0.2) is 11.4 Å². The zero-order chi connectivity index (χ0) is 19.6. The van der Waals surface area contributed by atoms with E-state index in [1.54, 1.807) is 12.1 Å². The van der Waals surface area contributed by atoms with E-state index in [0.717, 1.165) is 6.20 Å². The van der Waals surface area contributed by atoms with E-state index >= 15 is 0 Å². The first-order valence-electron chi connectivity index (χ1n) is 7.49. The van der Waals surface area contributed by atoms with Crippen molar-refractivity contribution in [3.63, 3.8) is 0 Å². The van der Waals surface area contributed by atoms with Crippen LogP contribution in [0.5, 0.6) is 5.75 Å². The number of hydrogen-bond acceptors (Lipinski definition) is 4. The van der Waals surface area contributed by atoms with E-state index in [9.17, 15) is 18.0 Å². The van der Waals surface area contributed by atoms with Crippen LogP contribution in [-0.4, -0.2) is 15.9 Å². The molecule has 0 aliphatic heterocycles. The van der Waals surface area contributed by atoms with Crippen LogP contribution in [0.15, 0.2) is 54.7 Å². The molecule has 0 unspecified atom stereocenters. The minimum Gasteiger partial charge on any atom is -0.406 e. The summed E-state index contributed by atoms with van der Waals surface area (Å²) in [5.74, 6) is -0.737. The molecule has 0 saturated heterocycles. The average Bonchev–Trinajstić information content (AvgIpc) is 2.99. The van der Waals surface area contributed by atoms with E-state index in [2.05, 4.69) is 10.4 Å². The van der Waals surface area contributed by atoms with Crippen LogP contribution in [-0.2, 0) is 6.18 Å². The number of aromatic nitrogens is 2. The molecule has 3 N–H and O–H groups in total. The number of nitrogens with two attached hydrogens (primary N) is 1. The Morgan fingerprint density at radius 2 is 1.89 bits per heavy atom. The van der Waals surface area contributed by atoms with Crippen LogP contribution in [0.3, 0.4) is 0 Å². The Morgan fingerprint density at radius 3 is 2.52 bits per heavy atom. The van der Waals surface area contributed by atoms with Crippen LogP contribution in [0.1, 0.15) is 5.69 Å². The summed E-state index contributed by atoms with van der Waals surface area (Å²) in [5, 5.41) is 6.35. The fourth-order valence-electron chi connectivity index (χ4n) is 2.31. The quantitative estimate of drug-likeness (QED) is 0.626. The van der Waals surface area contributed by atoms with Gasteiger partial charge in [-0.1, -0.05) is 17.7 Å². The molecule has 27 heavy (non-hydrogen) atoms. The van der Waals surface area contributed by atoms with Gasteiger partial charge in [0.05, 0.1) is 11.9 Å². The Bertz CT molecular complexity index is 971. The number of amides is 1. The predicted molar refractivity (Wildman–Crippen MR) is 94.1 cm³/mol. The van der Waals surface area contributed by atoms with Crippen molar-refractivity contribution in [2.45, 2.75) is 6.18 Å². The number of hydrogen-bond donors (Lipinski definition) is 2. The van der Waals surface area contributed by atoms with Gasteiger partial charge in [0.2, 0.25) is 0 Å². The lowest BCUT2D eigenvalue weighted by Gasteiger charge is -2.13. The zero-order valence-corrected chi connectivity index (χ0v) is 14.3. The second-order valence-corrected chi connectivity index (χ2v) is 5.82. The van der Waals surface area contributed by atoms with Crippen molar-refractivity contribution in [2.24, 2.45) is 0 Å². The first kappa shape index (κ1) is 18.6. The first-order valence-corrected chi connectivity index (χ1v) is 7.87. The number of benzene rings is 2. The maximum absolute atomic E-state index is 13.5. The van der Waals surface area contributed by atoms with Gasteiger partial charge < -0.3 is 10.5 Å². The van der Waals surface area contributed by atoms with Crippen LogP contribution < -0.4 is 15.8 Å². The number of anilines is 2. The van der Waals surface area contributed by atoms with E-state index in [1.165, 1.54) is 36.4 Å². The second-order valence-electron chi connectivity index (χ2n) is 5.38. The first-order chi connectivity index (χ1) is 12.7. The third kappa shape index (κ3) is 4.32. The summed E-state index contributed by atoms with van der Waals surface area (Å²) in [7, 11) is 0. The van der Waals surface area contributed by atoms with E-state index in [1.807, 2.05) is 0 Å². The van der Waals surface area contributed by atoms with Gasteiger partial charge >= 0.3 is 12.3 Å². The van der Waals surface area contributed by atoms with Crippen molar-refractivity contribution in [1.82, 2.24) is 9.78 Å². The molecule has 6 nitrogen and oxygen atoms in total. The highest BCUT2D eigenvalue weighted by atomic mass is 35.5. The number of halogens is 4. The van der Waals surface area contributed by atoms with Crippen molar-refractivity contribution in [3.05, 3.63) is 65.4 Å². The van der Waals surface area contributed by atoms with E-state index in [-0.39, 0.29) is 11.4 Å². The number of carbonyl (C=O) groups is 1. The SMILES string of the molecule is Nc1cccc(NC(=O)Oc2cnn(-c3ccc(Cl)cc3)c2C(F)(F)F)c1. The smallest absolute Gasteiger partial charge is 0.406 e. The molecular formula is C17H12ClF3N4O2. The predicted octanol–water partition coefficient (Wildman–Crippen LogP) is 4.74. The van der Waals surface area contributed by atoms with Gasteiger partial charge in [-0.3, -0.25) is 5.32 Å². The minimum absolute atomic E-state index is 0.109. The third-order valence-corrected chi connectivity index (χ3v) is 3.66. The number of alkyl halides is 3. The van der Waals surface area contributed by atoms with E-state index < -0.39 is 23.7 Å². The van der Waals surface area contributed by atoms with E-state index in [0.29, 0.717) is 15.4 Å². The van der Waals surface area contributed by atoms with Crippen molar-refractivity contribution in [2.75, 3.05) is 11.1 Å². The van der Waals surface area contributed by atoms with Crippen molar-refractivity contribution in [3.8, 4) is 11.4 Å². The summed E-state index contributed by atoms with van der Waals surface area (Å²) >= 11 is 5.75. The molecule has 1 aromatic heterocycles. The molecule has 1 amide bonds. The molecule has 1 heterocycles. The molecule has 0 aliphatic rings. The minimum atomic E-state index is -4.82. The van der Waals surface area contributed by atoms with Gasteiger partial charge in [-0.15, -0.1) is 0 Å². The molecular weight excluding hydrogens is 385 g/mol. The van der Waals surface area contributed by atoms with Gasteiger partial charge in [0, 0.05) is 16.4 Å². The Morgan fingerprint density at radius 1 is 1.19 bits per heavy atom. The fraction of sp³-hybridized carbons (Fsp3) is 0.0588. The largest absolute Gasteiger partial charge is 0.437 e. The molecule has 140 valence electrons. The molecule has 0 bridgehead atoms. The number of nitrogens with one attached hydrogen (secondary N) is 1. The average molecular weight is 397 g/mol. The van der Waals surface area contributed by atoms with Crippen molar-refractivity contribution < 1.29 is 22.7 Å². The van der Waals surface area contributed by atoms with Gasteiger partial charge in [0.1, 0.15) is 0 Å². The lowest BCUT2D eigenvalue weighted by atomic mass is 10.3. The Hall–Kier alpha value is -3.20. The lowest BCUT2D eigenvalue weighted by Crippen LogP contribution is -2.20. The van der Waals surface area contributed by atoms with Gasteiger partial charge in [-0.25, -0.2) is 9.48 Å². The summed E-state index contributed by atoms with van der Waals surface area (Å²) in [5.41, 5.74) is 5.11. The molecule has 0 atom stereocenters. The van der Waals surface area contributed by atoms with Crippen LogP contribution >= 0.6 is 11.6 Å². The second kappa shape index (κ2) is 7.20. The van der Waals surface area contributed by atoms with Crippen molar-refractivity contribution in [1.29, 1.82) is 0 Å². The monoisotopic (exact) mass is 396 g/mol. The molecule has 0 fully saturated rings. The highest BCUT2D eigenvalue weighted by Crippen LogP contribution is 2.37. The number of ether oxygens (including phenoxy) is 1.